The zero-order valence-corrected chi connectivity index (χ0v) is 9.95. The van der Waals surface area contributed by atoms with Gasteiger partial charge >= 0.3 is 0 Å². The Bertz CT molecular complexity index is 421. The highest BCUT2D eigenvalue weighted by atomic mass is 32.3. The first kappa shape index (κ1) is 11.7. The van der Waals surface area contributed by atoms with Crippen LogP contribution in [-0.4, -0.2) is 15.4 Å². The second-order valence-electron chi connectivity index (χ2n) is 3.62. The van der Waals surface area contributed by atoms with Crippen LogP contribution in [0.1, 0.15) is 23.4 Å². The third-order valence-corrected chi connectivity index (χ3v) is 4.75. The lowest BCUT2D eigenvalue weighted by Gasteiger charge is -2.24. The highest BCUT2D eigenvalue weighted by molar-refractivity contribution is 8.00. The van der Waals surface area contributed by atoms with Gasteiger partial charge < -0.3 is 0 Å². The topological polar surface area (TPSA) is 65.8 Å². The molecule has 1 heterocycles. The van der Waals surface area contributed by atoms with Crippen molar-refractivity contribution in [3.8, 4) is 6.19 Å². The van der Waals surface area contributed by atoms with Crippen LogP contribution < -0.4 is 4.72 Å². The molecule has 5 heteroatoms. The molecule has 0 saturated carbocycles. The van der Waals surface area contributed by atoms with Gasteiger partial charge in [-0.25, -0.2) is 0 Å². The minimum absolute atomic E-state index is 0.203. The quantitative estimate of drug-likeness (QED) is 0.459. The summed E-state index contributed by atoms with van der Waals surface area (Å²) < 4.78 is 14.4. The van der Waals surface area contributed by atoms with Gasteiger partial charge in [0, 0.05) is 18.1 Å². The molecule has 15 heavy (non-hydrogen) atoms. The van der Waals surface area contributed by atoms with Gasteiger partial charge in [-0.05, 0) is 35.6 Å². The normalized spacial score (nSPS) is 14.0. The van der Waals surface area contributed by atoms with E-state index >= 15 is 0 Å². The van der Waals surface area contributed by atoms with E-state index in [-0.39, 0.29) is 5.25 Å². The van der Waals surface area contributed by atoms with Crippen LogP contribution in [0.5, 0.6) is 0 Å². The van der Waals surface area contributed by atoms with E-state index in [9.17, 15) is 4.21 Å². The van der Waals surface area contributed by atoms with Crippen molar-refractivity contribution >= 4 is 10.1 Å². The van der Waals surface area contributed by atoms with Crippen molar-refractivity contribution in [1.29, 1.82) is 5.26 Å². The fraction of sp³-hybridized carbons (Fsp3) is 0.400. The highest BCUT2D eigenvalue weighted by Crippen LogP contribution is 2.23. The SMILES string of the molecule is Cc1ccc([C@@H](C)[SH](C)(=O)NC#N)cn1. The van der Waals surface area contributed by atoms with Gasteiger partial charge in [-0.15, -0.1) is 0 Å². The van der Waals surface area contributed by atoms with Gasteiger partial charge in [0.15, 0.2) is 6.19 Å². The molecule has 0 aliphatic carbocycles. The molecule has 0 amide bonds. The number of nitrogens with one attached hydrogen (secondary N) is 1. The predicted molar refractivity (Wildman–Crippen MR) is 61.6 cm³/mol. The summed E-state index contributed by atoms with van der Waals surface area (Å²) in [6, 6.07) is 3.76. The van der Waals surface area contributed by atoms with Crippen LogP contribution in [0.3, 0.4) is 0 Å². The van der Waals surface area contributed by atoms with Crippen molar-refractivity contribution in [3.63, 3.8) is 0 Å². The fourth-order valence-corrected chi connectivity index (χ4v) is 2.32. The maximum atomic E-state index is 12.0. The van der Waals surface area contributed by atoms with Crippen LogP contribution in [-0.2, 0) is 10.1 Å². The number of thiol groups is 1. The summed E-state index contributed by atoms with van der Waals surface area (Å²) in [6.07, 6.45) is 5.01. The Morgan fingerprint density at radius 3 is 2.73 bits per heavy atom. The molecule has 1 atom stereocenters. The summed E-state index contributed by atoms with van der Waals surface area (Å²) in [4.78, 5) is 4.14. The standard InChI is InChI=1S/C10H15N3OS/c1-8-4-5-10(6-12-8)9(2)15(3,14)13-7-11/h4-6,9,15H,1-3H3,(H,13,14)/t9-/m1/s1. The zero-order valence-electron chi connectivity index (χ0n) is 9.06. The Kier molecular flexibility index (Phi) is 3.43. The molecular weight excluding hydrogens is 210 g/mol. The minimum atomic E-state index is -2.67. The Hall–Kier alpha value is -1.41. The number of hydrogen-bond acceptors (Lipinski definition) is 3. The van der Waals surface area contributed by atoms with Crippen LogP contribution in [0, 0.1) is 18.4 Å². The van der Waals surface area contributed by atoms with Crippen molar-refractivity contribution in [2.45, 2.75) is 19.1 Å². The third-order valence-electron chi connectivity index (χ3n) is 2.43. The maximum Gasteiger partial charge on any atom is 0.187 e. The largest absolute Gasteiger partial charge is 0.265 e. The molecule has 0 aliphatic rings. The van der Waals surface area contributed by atoms with Crippen molar-refractivity contribution in [3.05, 3.63) is 29.6 Å². The van der Waals surface area contributed by atoms with Gasteiger partial charge in [-0.1, -0.05) is 6.07 Å². The predicted octanol–water partition coefficient (Wildman–Crippen LogP) is 1.08. The molecule has 0 aromatic carbocycles. The number of nitriles is 1. The number of hydrogen-bond donors (Lipinski definition) is 2. The van der Waals surface area contributed by atoms with E-state index in [4.69, 9.17) is 5.26 Å². The van der Waals surface area contributed by atoms with Crippen LogP contribution >= 0.6 is 0 Å². The molecular formula is C10H15N3OS. The first-order valence-corrected chi connectivity index (χ1v) is 6.86. The van der Waals surface area contributed by atoms with Crippen molar-refractivity contribution in [1.82, 2.24) is 9.71 Å². The molecule has 0 aliphatic heterocycles. The average Bonchev–Trinajstić information content (AvgIpc) is 2.18. The van der Waals surface area contributed by atoms with Crippen LogP contribution in [0.2, 0.25) is 0 Å². The second kappa shape index (κ2) is 4.41. The first-order valence-electron chi connectivity index (χ1n) is 4.63. The Morgan fingerprint density at radius 1 is 1.60 bits per heavy atom. The van der Waals surface area contributed by atoms with E-state index in [0.717, 1.165) is 11.3 Å². The molecule has 0 unspecified atom stereocenters. The molecule has 82 valence electrons. The monoisotopic (exact) mass is 225 g/mol. The van der Waals surface area contributed by atoms with E-state index in [1.807, 2.05) is 26.0 Å². The Balaban J connectivity index is 2.95. The summed E-state index contributed by atoms with van der Waals surface area (Å²) in [5, 5.41) is 8.29. The smallest absolute Gasteiger partial charge is 0.187 e. The summed E-state index contributed by atoms with van der Waals surface area (Å²) in [7, 11) is -2.67. The molecule has 1 N–H and O–H groups in total. The highest BCUT2D eigenvalue weighted by Gasteiger charge is 2.19. The molecule has 0 fully saturated rings. The van der Waals surface area contributed by atoms with Crippen LogP contribution in [0.25, 0.3) is 0 Å². The van der Waals surface area contributed by atoms with Gasteiger partial charge in [0.05, 0.1) is 5.25 Å². The first-order chi connectivity index (χ1) is 6.97. The molecule has 0 radical (unpaired) electrons. The van der Waals surface area contributed by atoms with E-state index in [1.54, 1.807) is 18.6 Å². The molecule has 1 aromatic rings. The molecule has 0 saturated heterocycles. The second-order valence-corrected chi connectivity index (χ2v) is 6.60. The van der Waals surface area contributed by atoms with E-state index in [1.165, 1.54) is 0 Å². The van der Waals surface area contributed by atoms with Crippen LogP contribution in [0.15, 0.2) is 18.3 Å². The van der Waals surface area contributed by atoms with Gasteiger partial charge in [-0.2, -0.15) is 5.26 Å². The van der Waals surface area contributed by atoms with E-state index in [2.05, 4.69) is 9.71 Å². The average molecular weight is 225 g/mol. The third kappa shape index (κ3) is 2.77. The van der Waals surface area contributed by atoms with Gasteiger partial charge in [0.25, 0.3) is 0 Å². The molecule has 1 aromatic heterocycles. The number of nitrogens with zero attached hydrogens (tertiary/aromatic N) is 2. The van der Waals surface area contributed by atoms with Gasteiger partial charge in [-0.3, -0.25) is 13.9 Å². The van der Waals surface area contributed by atoms with Gasteiger partial charge in [0.2, 0.25) is 0 Å². The summed E-state index contributed by atoms with van der Waals surface area (Å²) >= 11 is 0. The number of aromatic nitrogens is 1. The van der Waals surface area contributed by atoms with E-state index in [0.29, 0.717) is 0 Å². The number of aryl methyl sites for hydroxylation is 1. The lowest BCUT2D eigenvalue weighted by atomic mass is 10.2. The zero-order chi connectivity index (χ0) is 11.5. The minimum Gasteiger partial charge on any atom is -0.265 e. The Morgan fingerprint density at radius 2 is 2.27 bits per heavy atom. The lowest BCUT2D eigenvalue weighted by Crippen LogP contribution is -2.30. The summed E-state index contributed by atoms with van der Waals surface area (Å²) in [5.74, 6) is 0. The van der Waals surface area contributed by atoms with Gasteiger partial charge in [0.1, 0.15) is 0 Å². The molecule has 0 bridgehead atoms. The Labute approximate surface area is 90.9 Å². The van der Waals surface area contributed by atoms with Crippen molar-refractivity contribution in [2.75, 3.05) is 6.26 Å². The van der Waals surface area contributed by atoms with Crippen LogP contribution in [0.4, 0.5) is 0 Å². The van der Waals surface area contributed by atoms with E-state index < -0.39 is 10.1 Å². The molecule has 4 nitrogen and oxygen atoms in total. The van der Waals surface area contributed by atoms with Crippen molar-refractivity contribution < 1.29 is 4.21 Å². The number of rotatable bonds is 3. The maximum absolute atomic E-state index is 12.0. The summed E-state index contributed by atoms with van der Waals surface area (Å²) in [6.45, 7) is 3.73. The fourth-order valence-electron chi connectivity index (χ4n) is 1.21. The molecule has 0 spiro atoms. The summed E-state index contributed by atoms with van der Waals surface area (Å²) in [5.41, 5.74) is 1.80. The molecule has 1 rings (SSSR count). The number of pyridine rings is 1. The lowest BCUT2D eigenvalue weighted by molar-refractivity contribution is 0.662. The van der Waals surface area contributed by atoms with Crippen molar-refractivity contribution in [2.24, 2.45) is 0 Å².